The molecule has 1 atom stereocenters. The van der Waals surface area contributed by atoms with E-state index in [9.17, 15) is 4.79 Å². The molecule has 0 aromatic heterocycles. The van der Waals surface area contributed by atoms with Crippen molar-refractivity contribution in [3.8, 4) is 5.75 Å². The lowest BCUT2D eigenvalue weighted by atomic mass is 9.48. The zero-order valence-corrected chi connectivity index (χ0v) is 17.3. The molecular formula is C24H32O4. The lowest BCUT2D eigenvalue weighted by molar-refractivity contribution is -0.150. The van der Waals surface area contributed by atoms with Crippen molar-refractivity contribution in [3.63, 3.8) is 0 Å². The minimum absolute atomic E-state index is 0.177. The SMILES string of the molecule is COC(C)OCOc1ccc(/C(C)=C\C=O)cc1C12CC3CC(CC(C3)C1)C2. The van der Waals surface area contributed by atoms with Crippen molar-refractivity contribution < 1.29 is 19.0 Å². The summed E-state index contributed by atoms with van der Waals surface area (Å²) in [5.41, 5.74) is 3.64. The second-order valence-electron chi connectivity index (χ2n) is 9.13. The molecule has 4 bridgehead atoms. The third kappa shape index (κ3) is 3.77. The van der Waals surface area contributed by atoms with E-state index in [0.717, 1.165) is 40.9 Å². The Bertz CT molecular complexity index is 716. The molecule has 0 saturated heterocycles. The summed E-state index contributed by atoms with van der Waals surface area (Å²) in [6.07, 6.45) is 10.3. The van der Waals surface area contributed by atoms with Crippen LogP contribution in [-0.2, 0) is 19.7 Å². The van der Waals surface area contributed by atoms with Gasteiger partial charge in [0.25, 0.3) is 0 Å². The van der Waals surface area contributed by atoms with Gasteiger partial charge in [-0.3, -0.25) is 4.79 Å². The van der Waals surface area contributed by atoms with Crippen molar-refractivity contribution >= 4 is 11.9 Å². The smallest absolute Gasteiger partial charge is 0.191 e. The molecule has 4 aliphatic rings. The van der Waals surface area contributed by atoms with Crippen LogP contribution < -0.4 is 4.74 Å². The van der Waals surface area contributed by atoms with Gasteiger partial charge in [-0.1, -0.05) is 6.07 Å². The summed E-state index contributed by atoms with van der Waals surface area (Å²) in [6, 6.07) is 6.39. The highest BCUT2D eigenvalue weighted by Gasteiger charge is 2.52. The van der Waals surface area contributed by atoms with Crippen LogP contribution in [0.2, 0.25) is 0 Å². The summed E-state index contributed by atoms with van der Waals surface area (Å²) in [4.78, 5) is 11.0. The molecule has 0 N–H and O–H groups in total. The number of hydrogen-bond donors (Lipinski definition) is 0. The monoisotopic (exact) mass is 384 g/mol. The van der Waals surface area contributed by atoms with Crippen LogP contribution in [0.3, 0.4) is 0 Å². The highest BCUT2D eigenvalue weighted by atomic mass is 16.7. The molecule has 1 aromatic rings. The zero-order chi connectivity index (χ0) is 19.7. The predicted octanol–water partition coefficient (Wildman–Crippen LogP) is 5.10. The van der Waals surface area contributed by atoms with E-state index >= 15 is 0 Å². The van der Waals surface area contributed by atoms with Gasteiger partial charge in [0.2, 0.25) is 0 Å². The standard InChI is InChI=1S/C24H32O4/c1-16(6-7-25)21-4-5-23(28-15-27-17(2)26-3)22(11-21)24-12-18-8-19(13-24)10-20(9-18)14-24/h4-7,11,17-20H,8-10,12-15H2,1-3H3/b16-6-. The van der Waals surface area contributed by atoms with E-state index in [1.54, 1.807) is 13.2 Å². The summed E-state index contributed by atoms with van der Waals surface area (Å²) in [6.45, 7) is 4.04. The number of methoxy groups -OCH3 is 1. The van der Waals surface area contributed by atoms with Gasteiger partial charge < -0.3 is 14.2 Å². The largest absolute Gasteiger partial charge is 0.467 e. The fraction of sp³-hybridized carbons (Fsp3) is 0.625. The first kappa shape index (κ1) is 19.7. The number of ether oxygens (including phenoxy) is 3. The molecule has 0 aliphatic heterocycles. The van der Waals surface area contributed by atoms with Crippen molar-refractivity contribution in [2.75, 3.05) is 13.9 Å². The van der Waals surface area contributed by atoms with E-state index in [1.807, 2.05) is 13.8 Å². The maximum atomic E-state index is 11.0. The Morgan fingerprint density at radius 1 is 1.18 bits per heavy atom. The molecule has 28 heavy (non-hydrogen) atoms. The molecule has 5 rings (SSSR count). The number of allylic oxidation sites excluding steroid dienone is 2. The molecule has 4 nitrogen and oxygen atoms in total. The fourth-order valence-corrected chi connectivity index (χ4v) is 6.22. The van der Waals surface area contributed by atoms with Crippen molar-refractivity contribution in [1.29, 1.82) is 0 Å². The molecule has 4 saturated carbocycles. The van der Waals surface area contributed by atoms with Gasteiger partial charge in [0.1, 0.15) is 12.0 Å². The third-order valence-corrected chi connectivity index (χ3v) is 7.21. The quantitative estimate of drug-likeness (QED) is 0.355. The van der Waals surface area contributed by atoms with Crippen LogP contribution in [0.4, 0.5) is 0 Å². The van der Waals surface area contributed by atoms with Crippen molar-refractivity contribution in [2.24, 2.45) is 17.8 Å². The highest BCUT2D eigenvalue weighted by Crippen LogP contribution is 2.62. The number of carbonyl (C=O) groups excluding carboxylic acids is 1. The van der Waals surface area contributed by atoms with E-state index in [2.05, 4.69) is 18.2 Å². The van der Waals surface area contributed by atoms with E-state index in [4.69, 9.17) is 14.2 Å². The summed E-state index contributed by atoms with van der Waals surface area (Å²) in [5, 5.41) is 0. The molecular weight excluding hydrogens is 352 g/mol. The molecule has 1 aromatic carbocycles. The van der Waals surface area contributed by atoms with Gasteiger partial charge in [-0.05, 0) is 105 Å². The van der Waals surface area contributed by atoms with Crippen LogP contribution in [0.15, 0.2) is 24.3 Å². The molecule has 4 fully saturated rings. The van der Waals surface area contributed by atoms with Gasteiger partial charge in [-0.25, -0.2) is 0 Å². The molecule has 4 aliphatic carbocycles. The number of rotatable bonds is 8. The van der Waals surface area contributed by atoms with Gasteiger partial charge in [0.15, 0.2) is 13.1 Å². The Balaban J connectivity index is 1.67. The number of benzene rings is 1. The van der Waals surface area contributed by atoms with Crippen LogP contribution in [0.5, 0.6) is 5.75 Å². The molecule has 0 radical (unpaired) electrons. The Morgan fingerprint density at radius 2 is 1.82 bits per heavy atom. The van der Waals surface area contributed by atoms with Gasteiger partial charge in [-0.2, -0.15) is 0 Å². The van der Waals surface area contributed by atoms with Gasteiger partial charge in [0.05, 0.1) is 0 Å². The average molecular weight is 385 g/mol. The molecule has 152 valence electrons. The van der Waals surface area contributed by atoms with E-state index in [0.29, 0.717) is 0 Å². The molecule has 0 amide bonds. The maximum absolute atomic E-state index is 11.0. The molecule has 4 heteroatoms. The Labute approximate surface area is 168 Å². The van der Waals surface area contributed by atoms with Crippen molar-refractivity contribution in [1.82, 2.24) is 0 Å². The minimum atomic E-state index is -0.292. The number of carbonyl (C=O) groups is 1. The Hall–Kier alpha value is -1.65. The van der Waals surface area contributed by atoms with E-state index in [-0.39, 0.29) is 18.5 Å². The molecule has 0 spiro atoms. The summed E-state index contributed by atoms with van der Waals surface area (Å²) in [5.74, 6) is 3.50. The minimum Gasteiger partial charge on any atom is -0.467 e. The molecule has 1 unspecified atom stereocenters. The Kier molecular flexibility index (Phi) is 5.62. The average Bonchev–Trinajstić information content (AvgIpc) is 2.67. The maximum Gasteiger partial charge on any atom is 0.191 e. The van der Waals surface area contributed by atoms with E-state index in [1.165, 1.54) is 44.1 Å². The number of aldehydes is 1. The topological polar surface area (TPSA) is 44.8 Å². The second-order valence-corrected chi connectivity index (χ2v) is 9.13. The normalized spacial score (nSPS) is 32.4. The lowest BCUT2D eigenvalue weighted by Gasteiger charge is -2.57. The first-order chi connectivity index (χ1) is 13.5. The third-order valence-electron chi connectivity index (χ3n) is 7.21. The Morgan fingerprint density at radius 3 is 2.39 bits per heavy atom. The fourth-order valence-electron chi connectivity index (χ4n) is 6.22. The summed E-state index contributed by atoms with van der Waals surface area (Å²) < 4.78 is 16.8. The lowest BCUT2D eigenvalue weighted by Crippen LogP contribution is -2.48. The predicted molar refractivity (Wildman–Crippen MR) is 109 cm³/mol. The van der Waals surface area contributed by atoms with Crippen LogP contribution in [0.25, 0.3) is 5.57 Å². The zero-order valence-electron chi connectivity index (χ0n) is 17.3. The van der Waals surface area contributed by atoms with Gasteiger partial charge >= 0.3 is 0 Å². The highest BCUT2D eigenvalue weighted by molar-refractivity contribution is 5.81. The van der Waals surface area contributed by atoms with Gasteiger partial charge in [0, 0.05) is 12.7 Å². The van der Waals surface area contributed by atoms with Crippen molar-refractivity contribution in [3.05, 3.63) is 35.4 Å². The van der Waals surface area contributed by atoms with Crippen molar-refractivity contribution in [2.45, 2.75) is 64.1 Å². The second kappa shape index (κ2) is 8.00. The molecule has 0 heterocycles. The van der Waals surface area contributed by atoms with E-state index < -0.39 is 0 Å². The van der Waals surface area contributed by atoms with Crippen LogP contribution >= 0.6 is 0 Å². The summed E-state index contributed by atoms with van der Waals surface area (Å²) in [7, 11) is 1.63. The summed E-state index contributed by atoms with van der Waals surface area (Å²) >= 11 is 0. The van der Waals surface area contributed by atoms with Crippen LogP contribution in [0, 0.1) is 17.8 Å². The number of hydrogen-bond acceptors (Lipinski definition) is 4. The first-order valence-corrected chi connectivity index (χ1v) is 10.6. The van der Waals surface area contributed by atoms with Crippen LogP contribution in [-0.4, -0.2) is 26.5 Å². The van der Waals surface area contributed by atoms with Crippen LogP contribution in [0.1, 0.15) is 63.5 Å². The van der Waals surface area contributed by atoms with Gasteiger partial charge in [-0.15, -0.1) is 0 Å². The first-order valence-electron chi connectivity index (χ1n) is 10.6.